The monoisotopic (exact) mass is 251 g/mol. The lowest BCUT2D eigenvalue weighted by molar-refractivity contribution is -0.131. The second-order valence-electron chi connectivity index (χ2n) is 6.94. The van der Waals surface area contributed by atoms with Gasteiger partial charge in [0.15, 0.2) is 5.78 Å². The van der Waals surface area contributed by atoms with Crippen LogP contribution in [0.1, 0.15) is 59.3 Å². The second kappa shape index (κ2) is 5.02. The first-order valence-electron chi connectivity index (χ1n) is 7.22. The molecule has 0 aromatic rings. The maximum atomic E-state index is 12.0. The fourth-order valence-corrected chi connectivity index (χ4v) is 3.49. The molecule has 0 bridgehead atoms. The number of likely N-dealkylation sites (tertiary alicyclic amines) is 1. The molecule has 1 aliphatic carbocycles. The van der Waals surface area contributed by atoms with Crippen molar-refractivity contribution in [3.63, 3.8) is 0 Å². The van der Waals surface area contributed by atoms with Crippen LogP contribution in [0, 0.1) is 11.3 Å². The van der Waals surface area contributed by atoms with Crippen molar-refractivity contribution >= 4 is 11.7 Å². The molecule has 1 saturated carbocycles. The summed E-state index contributed by atoms with van der Waals surface area (Å²) in [6.07, 6.45) is 6.46. The summed E-state index contributed by atoms with van der Waals surface area (Å²) in [5.41, 5.74) is -0.140. The van der Waals surface area contributed by atoms with Crippen molar-refractivity contribution in [1.82, 2.24) is 4.90 Å². The standard InChI is InChI=1S/C15H25NO2/c1-15(2,3)14-12(17)10-13(18)16(14)9-8-11-6-4-5-7-11/h11,14H,4-10H2,1-3H3. The largest absolute Gasteiger partial charge is 0.332 e. The fraction of sp³-hybridized carbons (Fsp3) is 0.867. The Hall–Kier alpha value is -0.860. The molecule has 0 spiro atoms. The second-order valence-corrected chi connectivity index (χ2v) is 6.94. The van der Waals surface area contributed by atoms with E-state index >= 15 is 0 Å². The molecule has 1 heterocycles. The average molecular weight is 251 g/mol. The number of Topliss-reactive ketones (excluding diaryl/α,β-unsaturated/α-hetero) is 1. The Bertz CT molecular complexity index is 337. The first kappa shape index (κ1) is 13.6. The molecule has 2 fully saturated rings. The van der Waals surface area contributed by atoms with Gasteiger partial charge in [-0.15, -0.1) is 0 Å². The summed E-state index contributed by atoms with van der Waals surface area (Å²) in [6.45, 7) is 6.93. The highest BCUT2D eigenvalue weighted by molar-refractivity contribution is 6.07. The van der Waals surface area contributed by atoms with Crippen molar-refractivity contribution in [2.24, 2.45) is 11.3 Å². The van der Waals surface area contributed by atoms with Gasteiger partial charge in [-0.3, -0.25) is 9.59 Å². The van der Waals surface area contributed by atoms with Crippen LogP contribution in [0.15, 0.2) is 0 Å². The third-order valence-corrected chi connectivity index (χ3v) is 4.34. The van der Waals surface area contributed by atoms with E-state index in [0.717, 1.165) is 18.9 Å². The van der Waals surface area contributed by atoms with Crippen LogP contribution < -0.4 is 0 Å². The number of rotatable bonds is 3. The van der Waals surface area contributed by atoms with Crippen LogP contribution in [0.25, 0.3) is 0 Å². The summed E-state index contributed by atoms with van der Waals surface area (Å²) in [5, 5.41) is 0. The minimum atomic E-state index is -0.202. The molecule has 0 radical (unpaired) electrons. The van der Waals surface area contributed by atoms with E-state index in [-0.39, 0.29) is 29.6 Å². The van der Waals surface area contributed by atoms with Crippen molar-refractivity contribution in [3.8, 4) is 0 Å². The number of nitrogens with zero attached hydrogens (tertiary/aromatic N) is 1. The number of carbonyl (C=O) groups is 2. The lowest BCUT2D eigenvalue weighted by Gasteiger charge is -2.34. The molecule has 0 N–H and O–H groups in total. The molecule has 1 saturated heterocycles. The van der Waals surface area contributed by atoms with Gasteiger partial charge in [0.2, 0.25) is 5.91 Å². The Balaban J connectivity index is 1.99. The van der Waals surface area contributed by atoms with E-state index in [1.165, 1.54) is 25.7 Å². The van der Waals surface area contributed by atoms with Crippen LogP contribution in [0.4, 0.5) is 0 Å². The molecule has 18 heavy (non-hydrogen) atoms. The van der Waals surface area contributed by atoms with Crippen molar-refractivity contribution in [3.05, 3.63) is 0 Å². The number of carbonyl (C=O) groups excluding carboxylic acids is 2. The minimum Gasteiger partial charge on any atom is -0.332 e. The van der Waals surface area contributed by atoms with Crippen molar-refractivity contribution in [2.75, 3.05) is 6.54 Å². The van der Waals surface area contributed by atoms with Gasteiger partial charge in [-0.2, -0.15) is 0 Å². The van der Waals surface area contributed by atoms with Crippen LogP contribution in [0.5, 0.6) is 0 Å². The molecule has 1 atom stereocenters. The molecular weight excluding hydrogens is 226 g/mol. The third-order valence-electron chi connectivity index (χ3n) is 4.34. The lowest BCUT2D eigenvalue weighted by atomic mass is 9.84. The zero-order chi connectivity index (χ0) is 13.3. The van der Waals surface area contributed by atoms with Gasteiger partial charge < -0.3 is 4.90 Å². The molecule has 2 aliphatic rings. The van der Waals surface area contributed by atoms with Gasteiger partial charge in [-0.25, -0.2) is 0 Å². The summed E-state index contributed by atoms with van der Waals surface area (Å²) >= 11 is 0. The zero-order valence-electron chi connectivity index (χ0n) is 11.9. The Morgan fingerprint density at radius 1 is 1.17 bits per heavy atom. The maximum Gasteiger partial charge on any atom is 0.230 e. The van der Waals surface area contributed by atoms with Crippen molar-refractivity contribution in [2.45, 2.75) is 65.3 Å². The van der Waals surface area contributed by atoms with Crippen LogP contribution >= 0.6 is 0 Å². The fourth-order valence-electron chi connectivity index (χ4n) is 3.49. The van der Waals surface area contributed by atoms with Gasteiger partial charge in [0, 0.05) is 6.54 Å². The lowest BCUT2D eigenvalue weighted by Crippen LogP contribution is -2.45. The Morgan fingerprint density at radius 3 is 2.33 bits per heavy atom. The first-order valence-corrected chi connectivity index (χ1v) is 7.22. The Kier molecular flexibility index (Phi) is 3.79. The summed E-state index contributed by atoms with van der Waals surface area (Å²) in [4.78, 5) is 25.8. The quantitative estimate of drug-likeness (QED) is 0.723. The molecule has 0 aromatic heterocycles. The molecule has 0 aromatic carbocycles. The van der Waals surface area contributed by atoms with Crippen LogP contribution in [0.2, 0.25) is 0 Å². The van der Waals surface area contributed by atoms with Crippen molar-refractivity contribution < 1.29 is 9.59 Å². The maximum absolute atomic E-state index is 12.0. The SMILES string of the molecule is CC(C)(C)C1C(=O)CC(=O)N1CCC1CCCC1. The van der Waals surface area contributed by atoms with E-state index in [1.54, 1.807) is 0 Å². The highest BCUT2D eigenvalue weighted by atomic mass is 16.2. The predicted molar refractivity (Wildman–Crippen MR) is 71.2 cm³/mol. The molecule has 3 nitrogen and oxygen atoms in total. The van der Waals surface area contributed by atoms with Gasteiger partial charge in [-0.05, 0) is 17.8 Å². The first-order chi connectivity index (χ1) is 8.39. The van der Waals surface area contributed by atoms with Gasteiger partial charge in [-0.1, -0.05) is 46.5 Å². The van der Waals surface area contributed by atoms with E-state index in [4.69, 9.17) is 0 Å². The van der Waals surface area contributed by atoms with E-state index in [2.05, 4.69) is 20.8 Å². The van der Waals surface area contributed by atoms with Gasteiger partial charge >= 0.3 is 0 Å². The van der Waals surface area contributed by atoms with E-state index < -0.39 is 0 Å². The van der Waals surface area contributed by atoms with Gasteiger partial charge in [0.25, 0.3) is 0 Å². The van der Waals surface area contributed by atoms with Crippen LogP contribution in [-0.4, -0.2) is 29.2 Å². The Labute approximate surface area is 110 Å². The Morgan fingerprint density at radius 2 is 1.78 bits per heavy atom. The smallest absolute Gasteiger partial charge is 0.230 e. The summed E-state index contributed by atoms with van der Waals surface area (Å²) in [6, 6.07) is -0.202. The molecule has 1 aliphatic heterocycles. The molecule has 102 valence electrons. The normalized spacial score (nSPS) is 26.4. The highest BCUT2D eigenvalue weighted by Crippen LogP contribution is 2.33. The molecule has 1 amide bonds. The highest BCUT2D eigenvalue weighted by Gasteiger charge is 2.44. The summed E-state index contributed by atoms with van der Waals surface area (Å²) < 4.78 is 0. The van der Waals surface area contributed by atoms with E-state index in [1.807, 2.05) is 4.90 Å². The van der Waals surface area contributed by atoms with Gasteiger partial charge in [0.1, 0.15) is 0 Å². The number of amides is 1. The summed E-state index contributed by atoms with van der Waals surface area (Å²) in [7, 11) is 0. The number of ketones is 1. The number of hydrogen-bond acceptors (Lipinski definition) is 2. The van der Waals surface area contributed by atoms with Crippen LogP contribution in [-0.2, 0) is 9.59 Å². The van der Waals surface area contributed by atoms with E-state index in [0.29, 0.717) is 0 Å². The average Bonchev–Trinajstić information content (AvgIpc) is 2.82. The molecule has 1 unspecified atom stereocenters. The number of hydrogen-bond donors (Lipinski definition) is 0. The molecule has 2 rings (SSSR count). The van der Waals surface area contributed by atoms with Gasteiger partial charge in [0.05, 0.1) is 12.5 Å². The molecule has 3 heteroatoms. The molecular formula is C15H25NO2. The van der Waals surface area contributed by atoms with Crippen LogP contribution in [0.3, 0.4) is 0 Å². The third kappa shape index (κ3) is 2.76. The topological polar surface area (TPSA) is 37.4 Å². The predicted octanol–water partition coefficient (Wildman–Crippen LogP) is 2.78. The zero-order valence-corrected chi connectivity index (χ0v) is 11.9. The van der Waals surface area contributed by atoms with E-state index in [9.17, 15) is 9.59 Å². The minimum absolute atomic E-state index is 0.0397. The van der Waals surface area contributed by atoms with Crippen molar-refractivity contribution in [1.29, 1.82) is 0 Å². The summed E-state index contributed by atoms with van der Waals surface area (Å²) in [5.74, 6) is 0.922.